The van der Waals surface area contributed by atoms with Crippen LogP contribution in [-0.2, 0) is 9.84 Å². The number of hydrogen-bond donors (Lipinski definition) is 1. The predicted octanol–water partition coefficient (Wildman–Crippen LogP) is 2.65. The van der Waals surface area contributed by atoms with E-state index in [1.165, 1.54) is 0 Å². The van der Waals surface area contributed by atoms with Gasteiger partial charge in [-0.05, 0) is 32.4 Å². The molecular formula is C15H20O3S. The minimum absolute atomic E-state index is 0.134. The minimum atomic E-state index is -3.37. The second kappa shape index (κ2) is 6.68. The molecule has 4 heteroatoms. The molecule has 0 fully saturated rings. The molecule has 1 unspecified atom stereocenters. The topological polar surface area (TPSA) is 54.4 Å². The molecule has 1 rings (SSSR count). The molecule has 19 heavy (non-hydrogen) atoms. The van der Waals surface area contributed by atoms with Gasteiger partial charge in [0.25, 0.3) is 0 Å². The van der Waals surface area contributed by atoms with Crippen LogP contribution in [0.3, 0.4) is 0 Å². The van der Waals surface area contributed by atoms with Gasteiger partial charge in [-0.3, -0.25) is 0 Å². The first kappa shape index (κ1) is 15.7. The highest BCUT2D eigenvalue weighted by molar-refractivity contribution is 7.91. The lowest BCUT2D eigenvalue weighted by molar-refractivity contribution is 0.224. The van der Waals surface area contributed by atoms with Crippen molar-refractivity contribution in [3.63, 3.8) is 0 Å². The summed E-state index contributed by atoms with van der Waals surface area (Å²) in [5.74, 6) is -0.134. The van der Waals surface area contributed by atoms with Crippen molar-refractivity contribution < 1.29 is 13.5 Å². The molecule has 0 bridgehead atoms. The SMILES string of the molecule is C=C(CC(O)C=CC)CS(=O)(=O)c1ccc(C)cc1. The third-order valence-electron chi connectivity index (χ3n) is 2.69. The Kier molecular flexibility index (Phi) is 5.51. The molecule has 3 nitrogen and oxygen atoms in total. The van der Waals surface area contributed by atoms with Crippen LogP contribution in [0.5, 0.6) is 0 Å². The summed E-state index contributed by atoms with van der Waals surface area (Å²) in [6.07, 6.45) is 2.93. The van der Waals surface area contributed by atoms with Crippen LogP contribution >= 0.6 is 0 Å². The summed E-state index contributed by atoms with van der Waals surface area (Å²) < 4.78 is 24.3. The zero-order valence-electron chi connectivity index (χ0n) is 11.3. The summed E-state index contributed by atoms with van der Waals surface area (Å²) >= 11 is 0. The lowest BCUT2D eigenvalue weighted by atomic mass is 10.1. The van der Waals surface area contributed by atoms with E-state index in [0.29, 0.717) is 10.5 Å². The number of rotatable bonds is 6. The van der Waals surface area contributed by atoms with Crippen molar-refractivity contribution in [3.05, 3.63) is 54.1 Å². The van der Waals surface area contributed by atoms with Crippen LogP contribution in [0.4, 0.5) is 0 Å². The average Bonchev–Trinajstić information content (AvgIpc) is 2.28. The van der Waals surface area contributed by atoms with E-state index in [4.69, 9.17) is 0 Å². The average molecular weight is 280 g/mol. The monoisotopic (exact) mass is 280 g/mol. The van der Waals surface area contributed by atoms with Gasteiger partial charge in [-0.2, -0.15) is 0 Å². The van der Waals surface area contributed by atoms with E-state index >= 15 is 0 Å². The Labute approximate surface area is 115 Å². The van der Waals surface area contributed by atoms with Crippen molar-refractivity contribution in [1.82, 2.24) is 0 Å². The molecule has 104 valence electrons. The van der Waals surface area contributed by atoms with Crippen LogP contribution in [0, 0.1) is 6.92 Å². The number of aliphatic hydroxyl groups excluding tert-OH is 1. The van der Waals surface area contributed by atoms with Crippen molar-refractivity contribution in [1.29, 1.82) is 0 Å². The Morgan fingerprint density at radius 2 is 1.95 bits per heavy atom. The molecule has 0 aliphatic rings. The van der Waals surface area contributed by atoms with Gasteiger partial charge >= 0.3 is 0 Å². The maximum absolute atomic E-state index is 12.1. The maximum Gasteiger partial charge on any atom is 0.182 e. The normalized spacial score (nSPS) is 13.6. The van der Waals surface area contributed by atoms with E-state index in [-0.39, 0.29) is 12.2 Å². The molecule has 1 aromatic rings. The van der Waals surface area contributed by atoms with Gasteiger partial charge in [0.05, 0.1) is 16.8 Å². The first-order chi connectivity index (χ1) is 8.85. The molecule has 0 spiro atoms. The lowest BCUT2D eigenvalue weighted by Gasteiger charge is -2.10. The Balaban J connectivity index is 2.75. The van der Waals surface area contributed by atoms with Crippen molar-refractivity contribution in [2.24, 2.45) is 0 Å². The van der Waals surface area contributed by atoms with E-state index in [1.54, 1.807) is 43.3 Å². The first-order valence-electron chi connectivity index (χ1n) is 6.12. The zero-order chi connectivity index (χ0) is 14.5. The summed E-state index contributed by atoms with van der Waals surface area (Å²) in [6, 6.07) is 6.73. The van der Waals surface area contributed by atoms with Gasteiger partial charge in [0.2, 0.25) is 0 Å². The summed E-state index contributed by atoms with van der Waals surface area (Å²) in [4.78, 5) is 0.291. The van der Waals surface area contributed by atoms with Crippen LogP contribution in [0.25, 0.3) is 0 Å². The van der Waals surface area contributed by atoms with Crippen molar-refractivity contribution in [3.8, 4) is 0 Å². The van der Waals surface area contributed by atoms with Crippen LogP contribution in [0.15, 0.2) is 53.5 Å². The Bertz CT molecular complexity index is 554. The molecule has 1 N–H and O–H groups in total. The maximum atomic E-state index is 12.1. The smallest absolute Gasteiger partial charge is 0.182 e. The standard InChI is InChI=1S/C15H20O3S/c1-4-5-14(16)10-13(3)11-19(17,18)15-8-6-12(2)7-9-15/h4-9,14,16H,3,10-11H2,1-2H3. The van der Waals surface area contributed by atoms with Gasteiger partial charge < -0.3 is 5.11 Å². The highest BCUT2D eigenvalue weighted by atomic mass is 32.2. The van der Waals surface area contributed by atoms with Crippen molar-refractivity contribution in [2.45, 2.75) is 31.3 Å². The largest absolute Gasteiger partial charge is 0.389 e. The fourth-order valence-corrected chi connectivity index (χ4v) is 3.12. The molecule has 1 atom stereocenters. The van der Waals surface area contributed by atoms with Gasteiger partial charge in [-0.15, -0.1) is 0 Å². The minimum Gasteiger partial charge on any atom is -0.389 e. The molecule has 0 aromatic heterocycles. The van der Waals surface area contributed by atoms with E-state index in [9.17, 15) is 13.5 Å². The van der Waals surface area contributed by atoms with E-state index in [1.807, 2.05) is 6.92 Å². The second-order valence-corrected chi connectivity index (χ2v) is 6.61. The fourth-order valence-electron chi connectivity index (χ4n) is 1.74. The van der Waals surface area contributed by atoms with E-state index in [0.717, 1.165) is 5.56 Å². The first-order valence-corrected chi connectivity index (χ1v) is 7.77. The van der Waals surface area contributed by atoms with Gasteiger partial charge in [-0.1, -0.05) is 42.0 Å². The van der Waals surface area contributed by atoms with Crippen LogP contribution in [0.1, 0.15) is 18.9 Å². The summed E-state index contributed by atoms with van der Waals surface area (Å²) in [6.45, 7) is 7.44. The van der Waals surface area contributed by atoms with Gasteiger partial charge in [0, 0.05) is 0 Å². The molecular weight excluding hydrogens is 260 g/mol. The molecule has 0 aliphatic heterocycles. The zero-order valence-corrected chi connectivity index (χ0v) is 12.2. The Morgan fingerprint density at radius 1 is 1.37 bits per heavy atom. The second-order valence-electron chi connectivity index (χ2n) is 4.62. The summed E-state index contributed by atoms with van der Waals surface area (Å²) in [5, 5.41) is 9.58. The third-order valence-corrected chi connectivity index (χ3v) is 4.47. The highest BCUT2D eigenvalue weighted by Crippen LogP contribution is 2.16. The van der Waals surface area contributed by atoms with Gasteiger partial charge in [0.1, 0.15) is 0 Å². The molecule has 0 heterocycles. The number of hydrogen-bond acceptors (Lipinski definition) is 3. The number of benzene rings is 1. The predicted molar refractivity (Wildman–Crippen MR) is 77.8 cm³/mol. The van der Waals surface area contributed by atoms with E-state index in [2.05, 4.69) is 6.58 Å². The van der Waals surface area contributed by atoms with Crippen molar-refractivity contribution in [2.75, 3.05) is 5.75 Å². The molecule has 0 amide bonds. The molecule has 0 aliphatic carbocycles. The lowest BCUT2D eigenvalue weighted by Crippen LogP contribution is -2.12. The van der Waals surface area contributed by atoms with Crippen LogP contribution < -0.4 is 0 Å². The molecule has 0 saturated carbocycles. The highest BCUT2D eigenvalue weighted by Gasteiger charge is 2.16. The fraction of sp³-hybridized carbons (Fsp3) is 0.333. The van der Waals surface area contributed by atoms with Gasteiger partial charge in [0.15, 0.2) is 9.84 Å². The summed E-state index contributed by atoms with van der Waals surface area (Å²) in [5.41, 5.74) is 1.52. The summed E-state index contributed by atoms with van der Waals surface area (Å²) in [7, 11) is -3.37. The molecule has 0 saturated heterocycles. The van der Waals surface area contributed by atoms with Crippen molar-refractivity contribution >= 4 is 9.84 Å². The molecule has 0 radical (unpaired) electrons. The third kappa shape index (κ3) is 5.01. The number of aliphatic hydroxyl groups is 1. The van der Waals surface area contributed by atoms with Gasteiger partial charge in [-0.25, -0.2) is 8.42 Å². The Morgan fingerprint density at radius 3 is 2.47 bits per heavy atom. The number of sulfone groups is 1. The number of allylic oxidation sites excluding steroid dienone is 1. The van der Waals surface area contributed by atoms with Crippen LogP contribution in [0.2, 0.25) is 0 Å². The molecule has 1 aromatic carbocycles. The Hall–Kier alpha value is -1.39. The quantitative estimate of drug-likeness (QED) is 0.815. The van der Waals surface area contributed by atoms with Crippen LogP contribution in [-0.4, -0.2) is 25.4 Å². The number of aryl methyl sites for hydroxylation is 1. The van der Waals surface area contributed by atoms with E-state index < -0.39 is 15.9 Å².